The van der Waals surface area contributed by atoms with Crippen molar-refractivity contribution < 1.29 is 25.0 Å². The molecule has 3 rings (SSSR count). The van der Waals surface area contributed by atoms with E-state index in [1.807, 2.05) is 22.8 Å². The van der Waals surface area contributed by atoms with E-state index in [1.165, 1.54) is 38.9 Å². The summed E-state index contributed by atoms with van der Waals surface area (Å²) < 4.78 is 7.71. The summed E-state index contributed by atoms with van der Waals surface area (Å²) >= 11 is 0. The van der Waals surface area contributed by atoms with Crippen LogP contribution in [0, 0.1) is 23.2 Å². The number of hydrogen-bond donors (Lipinski definition) is 1. The average Bonchev–Trinajstić information content (AvgIpc) is 3.22. The van der Waals surface area contributed by atoms with Crippen LogP contribution < -0.4 is 0 Å². The maximum atomic E-state index is 7.47. The second kappa shape index (κ2) is 15.0. The highest BCUT2D eigenvalue weighted by Gasteiger charge is 2.28. The van der Waals surface area contributed by atoms with Crippen LogP contribution in [0.5, 0.6) is 0 Å². The van der Waals surface area contributed by atoms with Gasteiger partial charge >= 0.3 is 0 Å². The Bertz CT molecular complexity index is 812. The van der Waals surface area contributed by atoms with E-state index in [-0.39, 0.29) is 6.61 Å². The van der Waals surface area contributed by atoms with Gasteiger partial charge in [0.05, 0.1) is 17.8 Å². The molecule has 1 fully saturated rings. The van der Waals surface area contributed by atoms with Gasteiger partial charge in [-0.15, -0.1) is 5.92 Å². The first kappa shape index (κ1) is 27.3. The zero-order valence-corrected chi connectivity index (χ0v) is 20.5. The van der Waals surface area contributed by atoms with Crippen LogP contribution in [-0.4, -0.2) is 52.6 Å². The Morgan fingerprint density at radius 2 is 1.97 bits per heavy atom. The predicted molar refractivity (Wildman–Crippen MR) is 127 cm³/mol. The number of fused-ring (bicyclic) bond motifs is 1. The number of rotatable bonds is 10. The summed E-state index contributed by atoms with van der Waals surface area (Å²) in [5, 5.41) is 18.7. The summed E-state index contributed by atoms with van der Waals surface area (Å²) in [4.78, 5) is 6.71. The molecule has 2 aromatic rings. The van der Waals surface area contributed by atoms with Crippen molar-refractivity contribution in [1.29, 1.82) is 0 Å². The largest absolute Gasteiger partial charge is 0.375 e. The van der Waals surface area contributed by atoms with Gasteiger partial charge in [0.1, 0.15) is 6.61 Å². The molecule has 0 unspecified atom stereocenters. The lowest BCUT2D eigenvalue weighted by atomic mass is 9.75. The molecule has 0 aromatic carbocycles. The fourth-order valence-electron chi connectivity index (χ4n) is 3.95. The molecule has 8 nitrogen and oxygen atoms in total. The van der Waals surface area contributed by atoms with Gasteiger partial charge in [-0.1, -0.05) is 32.8 Å². The molecule has 8 heteroatoms. The smallest absolute Gasteiger partial charge is 0.146 e. The van der Waals surface area contributed by atoms with Gasteiger partial charge in [0.2, 0.25) is 0 Å². The molecule has 3 heterocycles. The molecule has 1 aliphatic heterocycles. The van der Waals surface area contributed by atoms with E-state index < -0.39 is 0 Å². The Kier molecular flexibility index (Phi) is 12.4. The summed E-state index contributed by atoms with van der Waals surface area (Å²) in [5.74, 6) is 5.92. The van der Waals surface area contributed by atoms with E-state index >= 15 is 0 Å². The summed E-state index contributed by atoms with van der Waals surface area (Å²) in [6, 6.07) is 8.19. The van der Waals surface area contributed by atoms with Crippen molar-refractivity contribution in [2.75, 3.05) is 32.8 Å². The maximum absolute atomic E-state index is 7.47. The SMILES string of the molecule is CC#CCOOOO.CC(C)(C)C1CCN(CCCCOCc2cc3ccccn3n2)CC1. The summed E-state index contributed by atoms with van der Waals surface area (Å²) in [5.41, 5.74) is 2.60. The zero-order chi connectivity index (χ0) is 23.9. The molecule has 1 N–H and O–H groups in total. The molecule has 0 amide bonds. The number of ether oxygens (including phenoxy) is 1. The van der Waals surface area contributed by atoms with Gasteiger partial charge in [-0.05, 0) is 91.8 Å². The molecule has 1 saturated heterocycles. The van der Waals surface area contributed by atoms with Crippen molar-refractivity contribution in [2.45, 2.75) is 60.0 Å². The van der Waals surface area contributed by atoms with Gasteiger partial charge < -0.3 is 9.64 Å². The standard InChI is InChI=1S/C21H33N3O.C4H6O4/c1-21(2,3)18-9-13-23(14-10-18)11-6-7-15-25-17-19-16-20-8-4-5-12-24(20)22-19;1-2-3-4-6-8-7-5/h4-5,8,12,16,18H,6-7,9-11,13-15,17H2,1-3H3;5H,4H2,1H3. The lowest BCUT2D eigenvalue weighted by molar-refractivity contribution is -0.620. The first-order chi connectivity index (χ1) is 15.9. The van der Waals surface area contributed by atoms with Crippen LogP contribution in [0.4, 0.5) is 0 Å². The molecule has 184 valence electrons. The second-order valence-electron chi connectivity index (χ2n) is 9.28. The molecule has 1 aliphatic rings. The molecule has 0 aliphatic carbocycles. The molecule has 0 radical (unpaired) electrons. The third kappa shape index (κ3) is 10.7. The lowest BCUT2D eigenvalue weighted by Crippen LogP contribution is -2.38. The fraction of sp³-hybridized carbons (Fsp3) is 0.640. The van der Waals surface area contributed by atoms with Crippen LogP contribution >= 0.6 is 0 Å². The van der Waals surface area contributed by atoms with Crippen LogP contribution in [0.1, 0.15) is 59.1 Å². The van der Waals surface area contributed by atoms with E-state index in [0.717, 1.165) is 30.2 Å². The molecule has 2 aromatic heterocycles. The van der Waals surface area contributed by atoms with Gasteiger partial charge in [0.25, 0.3) is 0 Å². The minimum Gasteiger partial charge on any atom is -0.375 e. The van der Waals surface area contributed by atoms with Crippen molar-refractivity contribution in [3.8, 4) is 11.8 Å². The minimum absolute atomic E-state index is 0.0804. The van der Waals surface area contributed by atoms with Gasteiger partial charge in [-0.25, -0.2) is 9.77 Å². The molecule has 0 saturated carbocycles. The van der Waals surface area contributed by atoms with Gasteiger partial charge in [0.15, 0.2) is 0 Å². The highest BCUT2D eigenvalue weighted by atomic mass is 17.6. The van der Waals surface area contributed by atoms with Crippen molar-refractivity contribution in [3.05, 3.63) is 36.2 Å². The summed E-state index contributed by atoms with van der Waals surface area (Å²) in [7, 11) is 0. The Labute approximate surface area is 197 Å². The first-order valence-corrected chi connectivity index (χ1v) is 11.7. The maximum Gasteiger partial charge on any atom is 0.146 e. The van der Waals surface area contributed by atoms with Crippen LogP contribution in [-0.2, 0) is 26.3 Å². The fourth-order valence-corrected chi connectivity index (χ4v) is 3.95. The average molecular weight is 462 g/mol. The van der Waals surface area contributed by atoms with Crippen LogP contribution in [0.2, 0.25) is 0 Å². The number of unbranched alkanes of at least 4 members (excludes halogenated alkanes) is 1. The third-order valence-electron chi connectivity index (χ3n) is 5.88. The molecule has 0 bridgehead atoms. The van der Waals surface area contributed by atoms with Crippen LogP contribution in [0.15, 0.2) is 30.5 Å². The van der Waals surface area contributed by atoms with E-state index in [0.29, 0.717) is 12.0 Å². The predicted octanol–water partition coefficient (Wildman–Crippen LogP) is 4.75. The van der Waals surface area contributed by atoms with Gasteiger partial charge in [-0.2, -0.15) is 9.99 Å². The van der Waals surface area contributed by atoms with Crippen LogP contribution in [0.3, 0.4) is 0 Å². The molecular weight excluding hydrogens is 422 g/mol. The first-order valence-electron chi connectivity index (χ1n) is 11.7. The van der Waals surface area contributed by atoms with Crippen molar-refractivity contribution in [1.82, 2.24) is 14.5 Å². The number of aromatic nitrogens is 2. The van der Waals surface area contributed by atoms with Gasteiger partial charge in [-0.3, -0.25) is 0 Å². The molecule has 0 spiro atoms. The van der Waals surface area contributed by atoms with Crippen molar-refractivity contribution >= 4 is 5.52 Å². The monoisotopic (exact) mass is 461 g/mol. The van der Waals surface area contributed by atoms with Crippen molar-refractivity contribution in [2.24, 2.45) is 11.3 Å². The number of piperidine rings is 1. The van der Waals surface area contributed by atoms with Gasteiger partial charge in [0, 0.05) is 12.8 Å². The normalized spacial score (nSPS) is 15.1. The number of pyridine rings is 1. The highest BCUT2D eigenvalue weighted by molar-refractivity contribution is 5.46. The quantitative estimate of drug-likeness (QED) is 0.237. The minimum atomic E-state index is 0.0804. The van der Waals surface area contributed by atoms with Crippen LogP contribution in [0.25, 0.3) is 5.52 Å². The number of likely N-dealkylation sites (tertiary alicyclic amines) is 1. The number of nitrogens with zero attached hydrogens (tertiary/aromatic N) is 3. The zero-order valence-electron chi connectivity index (χ0n) is 20.5. The Balaban J connectivity index is 0.000000414. The lowest BCUT2D eigenvalue weighted by Gasteiger charge is -2.38. The summed E-state index contributed by atoms with van der Waals surface area (Å²) in [6.45, 7) is 14.1. The molecule has 33 heavy (non-hydrogen) atoms. The Morgan fingerprint density at radius 3 is 2.64 bits per heavy atom. The third-order valence-corrected chi connectivity index (χ3v) is 5.88. The highest BCUT2D eigenvalue weighted by Crippen LogP contribution is 2.34. The topological polar surface area (TPSA) is 77.7 Å². The molecule has 0 atom stereocenters. The second-order valence-corrected chi connectivity index (χ2v) is 9.28. The van der Waals surface area contributed by atoms with Crippen molar-refractivity contribution in [3.63, 3.8) is 0 Å². The Morgan fingerprint density at radius 1 is 1.18 bits per heavy atom. The van der Waals surface area contributed by atoms with E-state index in [2.05, 4.69) is 69.7 Å². The summed E-state index contributed by atoms with van der Waals surface area (Å²) in [6.07, 6.45) is 7.04. The van der Waals surface area contributed by atoms with E-state index in [4.69, 9.17) is 9.99 Å². The number of hydrogen-bond acceptors (Lipinski definition) is 7. The van der Waals surface area contributed by atoms with E-state index in [1.54, 1.807) is 6.92 Å². The van der Waals surface area contributed by atoms with E-state index in [9.17, 15) is 0 Å². The Hall–Kier alpha value is -1.99. The molecular formula is C25H39N3O5.